The van der Waals surface area contributed by atoms with Crippen molar-refractivity contribution in [2.24, 2.45) is 5.41 Å². The van der Waals surface area contributed by atoms with E-state index >= 15 is 0 Å². The number of rotatable bonds is 2. The maximum Gasteiger partial charge on any atom is 0.152 e. The molecule has 2 unspecified atom stereocenters. The zero-order valence-corrected chi connectivity index (χ0v) is 10.5. The fourth-order valence-electron chi connectivity index (χ4n) is 2.21. The van der Waals surface area contributed by atoms with E-state index in [1.165, 1.54) is 0 Å². The fraction of sp³-hybridized carbons (Fsp3) is 0.917. The third-order valence-corrected chi connectivity index (χ3v) is 3.26. The molecule has 0 saturated carbocycles. The second-order valence-corrected chi connectivity index (χ2v) is 5.91. The molecule has 2 aliphatic rings. The van der Waals surface area contributed by atoms with Gasteiger partial charge in [-0.2, -0.15) is 0 Å². The van der Waals surface area contributed by atoms with Gasteiger partial charge < -0.3 is 10.1 Å². The number of ether oxygens (including phenoxy) is 1. The lowest BCUT2D eigenvalue weighted by atomic mass is 9.90. The highest BCUT2D eigenvalue weighted by atomic mass is 16.5. The largest absolute Gasteiger partial charge is 0.370 e. The summed E-state index contributed by atoms with van der Waals surface area (Å²) in [5.74, 6) is 0.320. The van der Waals surface area contributed by atoms with Crippen LogP contribution >= 0.6 is 0 Å². The molecule has 2 atom stereocenters. The van der Waals surface area contributed by atoms with Gasteiger partial charge in [-0.3, -0.25) is 9.69 Å². The number of nitrogens with one attached hydrogen (secondary N) is 1. The van der Waals surface area contributed by atoms with Crippen molar-refractivity contribution < 1.29 is 9.53 Å². The van der Waals surface area contributed by atoms with Gasteiger partial charge in [0.25, 0.3) is 0 Å². The normalized spacial score (nSPS) is 31.4. The Hall–Kier alpha value is -0.450. The van der Waals surface area contributed by atoms with E-state index in [2.05, 4.69) is 10.2 Å². The molecule has 0 aromatic carbocycles. The number of carbonyl (C=O) groups excluding carboxylic acids is 1. The molecule has 0 amide bonds. The van der Waals surface area contributed by atoms with Gasteiger partial charge in [-0.05, 0) is 0 Å². The predicted octanol–water partition coefficient (Wildman–Crippen LogP) is 0.274. The minimum absolute atomic E-state index is 0.230. The van der Waals surface area contributed by atoms with Crippen LogP contribution in [0.1, 0.15) is 20.8 Å². The van der Waals surface area contributed by atoms with Crippen LogP contribution in [-0.2, 0) is 9.53 Å². The first-order valence-corrected chi connectivity index (χ1v) is 6.07. The highest BCUT2D eigenvalue weighted by Gasteiger charge is 2.33. The Balaban J connectivity index is 1.89. The van der Waals surface area contributed by atoms with E-state index in [0.717, 1.165) is 26.2 Å². The molecule has 1 N–H and O–H groups in total. The summed E-state index contributed by atoms with van der Waals surface area (Å²) in [5, 5.41) is 3.35. The van der Waals surface area contributed by atoms with Crippen LogP contribution in [0.2, 0.25) is 0 Å². The Morgan fingerprint density at radius 2 is 1.88 bits per heavy atom. The Labute approximate surface area is 97.3 Å². The Bertz CT molecular complexity index is 261. The monoisotopic (exact) mass is 226 g/mol. The molecular formula is C12H22N2O2. The molecule has 16 heavy (non-hydrogen) atoms. The third kappa shape index (κ3) is 2.81. The molecular weight excluding hydrogens is 204 g/mol. The minimum atomic E-state index is -0.230. The molecule has 4 nitrogen and oxygen atoms in total. The summed E-state index contributed by atoms with van der Waals surface area (Å²) in [6.07, 6.45) is 0.528. The summed E-state index contributed by atoms with van der Waals surface area (Å²) < 4.78 is 5.80. The van der Waals surface area contributed by atoms with Gasteiger partial charge in [0.2, 0.25) is 0 Å². The van der Waals surface area contributed by atoms with Gasteiger partial charge in [-0.25, -0.2) is 0 Å². The summed E-state index contributed by atoms with van der Waals surface area (Å²) >= 11 is 0. The summed E-state index contributed by atoms with van der Waals surface area (Å²) in [7, 11) is 0. The number of hydrogen-bond donors (Lipinski definition) is 1. The second kappa shape index (κ2) is 4.43. The van der Waals surface area contributed by atoms with E-state index in [9.17, 15) is 4.79 Å². The average molecular weight is 226 g/mol. The van der Waals surface area contributed by atoms with E-state index < -0.39 is 0 Å². The maximum atomic E-state index is 12.0. The van der Waals surface area contributed by atoms with E-state index in [1.54, 1.807) is 0 Å². The smallest absolute Gasteiger partial charge is 0.152 e. The molecule has 2 rings (SSSR count). The number of morpholine rings is 2. The van der Waals surface area contributed by atoms with E-state index in [-0.39, 0.29) is 17.6 Å². The average Bonchev–Trinajstić information content (AvgIpc) is 2.15. The third-order valence-electron chi connectivity index (χ3n) is 3.26. The van der Waals surface area contributed by atoms with Crippen molar-refractivity contribution in [1.82, 2.24) is 10.2 Å². The number of hydrogen-bond acceptors (Lipinski definition) is 4. The fourth-order valence-corrected chi connectivity index (χ4v) is 2.21. The first-order chi connectivity index (χ1) is 7.45. The lowest BCUT2D eigenvalue weighted by Crippen LogP contribution is -2.59. The molecule has 2 aliphatic heterocycles. The second-order valence-electron chi connectivity index (χ2n) is 5.91. The van der Waals surface area contributed by atoms with Crippen molar-refractivity contribution in [3.05, 3.63) is 0 Å². The zero-order chi connectivity index (χ0) is 11.8. The number of Topliss-reactive ketones (excluding diaryl/α,β-unsaturated/α-hetero) is 1. The number of ketones is 1. The molecule has 4 heteroatoms. The van der Waals surface area contributed by atoms with Crippen molar-refractivity contribution in [3.8, 4) is 0 Å². The quantitative estimate of drug-likeness (QED) is 0.734. The Morgan fingerprint density at radius 1 is 1.31 bits per heavy atom. The van der Waals surface area contributed by atoms with Crippen molar-refractivity contribution in [2.75, 3.05) is 32.7 Å². The van der Waals surface area contributed by atoms with Crippen LogP contribution in [0.15, 0.2) is 0 Å². The summed E-state index contributed by atoms with van der Waals surface area (Å²) in [6.45, 7) is 10.1. The number of fused-ring (bicyclic) bond motifs is 2. The highest BCUT2D eigenvalue weighted by molar-refractivity contribution is 5.85. The van der Waals surface area contributed by atoms with E-state index in [0.29, 0.717) is 12.3 Å². The molecule has 2 bridgehead atoms. The molecule has 0 radical (unpaired) electrons. The van der Waals surface area contributed by atoms with Crippen LogP contribution in [0.5, 0.6) is 0 Å². The van der Waals surface area contributed by atoms with Gasteiger partial charge in [0.1, 0.15) is 0 Å². The lowest BCUT2D eigenvalue weighted by Gasteiger charge is -2.42. The Kier molecular flexibility index (Phi) is 3.33. The van der Waals surface area contributed by atoms with Gasteiger partial charge in [0.05, 0.1) is 18.8 Å². The summed E-state index contributed by atoms with van der Waals surface area (Å²) in [5.41, 5.74) is -0.230. The van der Waals surface area contributed by atoms with E-state index in [4.69, 9.17) is 4.74 Å². The molecule has 2 fully saturated rings. The number of nitrogens with zero attached hydrogens (tertiary/aromatic N) is 1. The molecule has 0 aliphatic carbocycles. The van der Waals surface area contributed by atoms with Crippen molar-refractivity contribution in [3.63, 3.8) is 0 Å². The number of carbonyl (C=O) groups is 1. The summed E-state index contributed by atoms with van der Waals surface area (Å²) in [4.78, 5) is 14.2. The SMILES string of the molecule is CC(C)(C)C(=O)CN1CC2CNCC(C1)O2. The van der Waals surface area contributed by atoms with Crippen molar-refractivity contribution >= 4 is 5.78 Å². The minimum Gasteiger partial charge on any atom is -0.370 e. The van der Waals surface area contributed by atoms with E-state index in [1.807, 2.05) is 20.8 Å². The van der Waals surface area contributed by atoms with Crippen LogP contribution in [0.4, 0.5) is 0 Å². The zero-order valence-electron chi connectivity index (χ0n) is 10.5. The Morgan fingerprint density at radius 3 is 2.38 bits per heavy atom. The first kappa shape index (κ1) is 12.0. The van der Waals surface area contributed by atoms with Crippen LogP contribution in [0.3, 0.4) is 0 Å². The maximum absolute atomic E-state index is 12.0. The molecule has 92 valence electrons. The topological polar surface area (TPSA) is 41.6 Å². The highest BCUT2D eigenvalue weighted by Crippen LogP contribution is 2.18. The lowest BCUT2D eigenvalue weighted by molar-refractivity contribution is -0.134. The molecule has 2 saturated heterocycles. The van der Waals surface area contributed by atoms with Crippen molar-refractivity contribution in [1.29, 1.82) is 0 Å². The van der Waals surface area contributed by atoms with Crippen molar-refractivity contribution in [2.45, 2.75) is 33.0 Å². The van der Waals surface area contributed by atoms with Gasteiger partial charge in [0, 0.05) is 31.6 Å². The summed E-state index contributed by atoms with van der Waals surface area (Å²) in [6, 6.07) is 0. The van der Waals surface area contributed by atoms with Gasteiger partial charge in [-0.15, -0.1) is 0 Å². The molecule has 0 aromatic heterocycles. The predicted molar refractivity (Wildman–Crippen MR) is 62.4 cm³/mol. The van der Waals surface area contributed by atoms with Gasteiger partial charge in [-0.1, -0.05) is 20.8 Å². The molecule has 0 spiro atoms. The van der Waals surface area contributed by atoms with Crippen LogP contribution in [0.25, 0.3) is 0 Å². The standard InChI is InChI=1S/C12H22N2O2/c1-12(2,3)11(15)8-14-6-9-4-13-5-10(7-14)16-9/h9-10,13H,4-8H2,1-3H3. The van der Waals surface area contributed by atoms with Crippen LogP contribution in [-0.4, -0.2) is 55.6 Å². The molecule has 2 heterocycles. The van der Waals surface area contributed by atoms with Crippen LogP contribution < -0.4 is 5.32 Å². The van der Waals surface area contributed by atoms with Gasteiger partial charge in [0.15, 0.2) is 5.78 Å². The van der Waals surface area contributed by atoms with Gasteiger partial charge >= 0.3 is 0 Å². The van der Waals surface area contributed by atoms with Crippen LogP contribution in [0, 0.1) is 5.41 Å². The first-order valence-electron chi connectivity index (χ1n) is 6.07. The molecule has 0 aromatic rings.